The molecule has 1 heterocycles. The number of carbonyl (C=O) groups excluding carboxylic acids is 1. The largest absolute Gasteiger partial charge is 0.494 e. The van der Waals surface area contributed by atoms with Gasteiger partial charge in [0, 0.05) is 19.0 Å². The van der Waals surface area contributed by atoms with Crippen molar-refractivity contribution in [2.24, 2.45) is 0 Å². The number of ether oxygens (including phenoxy) is 1. The molecular formula is C20H33ClN2O2. The van der Waals surface area contributed by atoms with Crippen molar-refractivity contribution in [2.45, 2.75) is 58.4 Å². The molecule has 1 aliphatic rings. The minimum atomic E-state index is 0. The highest BCUT2D eigenvalue weighted by atomic mass is 35.5. The number of amides is 1. The average Bonchev–Trinajstić information content (AvgIpc) is 2.64. The van der Waals surface area contributed by atoms with E-state index in [1.54, 1.807) is 0 Å². The van der Waals surface area contributed by atoms with Crippen molar-refractivity contribution in [2.75, 3.05) is 26.2 Å². The van der Waals surface area contributed by atoms with E-state index in [2.05, 4.69) is 36.2 Å². The molecule has 0 spiro atoms. The van der Waals surface area contributed by atoms with Crippen LogP contribution in [-0.4, -0.2) is 43.1 Å². The first-order valence-corrected chi connectivity index (χ1v) is 9.46. The van der Waals surface area contributed by atoms with Crippen molar-refractivity contribution in [3.05, 3.63) is 29.8 Å². The van der Waals surface area contributed by atoms with Crippen molar-refractivity contribution in [1.29, 1.82) is 0 Å². The number of hydrogen-bond donors (Lipinski definition) is 1. The molecular weight excluding hydrogens is 336 g/mol. The Hall–Kier alpha value is -1.26. The lowest BCUT2D eigenvalue weighted by molar-refractivity contribution is -0.134. The van der Waals surface area contributed by atoms with E-state index in [1.165, 1.54) is 5.56 Å². The summed E-state index contributed by atoms with van der Waals surface area (Å²) in [6.45, 7) is 7.93. The maximum atomic E-state index is 12.7. The zero-order valence-electron chi connectivity index (χ0n) is 15.6. The van der Waals surface area contributed by atoms with Gasteiger partial charge in [-0.1, -0.05) is 26.0 Å². The molecule has 1 saturated heterocycles. The number of carbonyl (C=O) groups is 1. The summed E-state index contributed by atoms with van der Waals surface area (Å²) < 4.78 is 5.60. The lowest BCUT2D eigenvalue weighted by atomic mass is 10.0. The molecule has 1 fully saturated rings. The Bertz CT molecular complexity index is 487. The summed E-state index contributed by atoms with van der Waals surface area (Å²) in [5.41, 5.74) is 1.20. The smallest absolute Gasteiger partial charge is 0.223 e. The fourth-order valence-corrected chi connectivity index (χ4v) is 3.24. The molecule has 5 heteroatoms. The van der Waals surface area contributed by atoms with Crippen molar-refractivity contribution in [1.82, 2.24) is 10.2 Å². The maximum absolute atomic E-state index is 12.7. The second-order valence-electron chi connectivity index (χ2n) is 6.56. The summed E-state index contributed by atoms with van der Waals surface area (Å²) in [6.07, 6.45) is 5.60. The van der Waals surface area contributed by atoms with E-state index in [0.717, 1.165) is 64.1 Å². The SMILES string of the molecule is CCCOc1ccc(CCC(=O)N(CCC)C2CCNCC2)cc1.Cl. The van der Waals surface area contributed by atoms with Crippen molar-refractivity contribution < 1.29 is 9.53 Å². The Morgan fingerprint density at radius 1 is 1.16 bits per heavy atom. The maximum Gasteiger partial charge on any atom is 0.223 e. The monoisotopic (exact) mass is 368 g/mol. The van der Waals surface area contributed by atoms with Crippen LogP contribution in [0.15, 0.2) is 24.3 Å². The number of hydrogen-bond acceptors (Lipinski definition) is 3. The Balaban J connectivity index is 0.00000312. The Morgan fingerprint density at radius 2 is 1.84 bits per heavy atom. The lowest BCUT2D eigenvalue weighted by Gasteiger charge is -2.34. The normalized spacial score (nSPS) is 14.6. The number of aryl methyl sites for hydroxylation is 1. The van der Waals surface area contributed by atoms with Gasteiger partial charge >= 0.3 is 0 Å². The summed E-state index contributed by atoms with van der Waals surface area (Å²) in [5.74, 6) is 1.21. The first-order valence-electron chi connectivity index (χ1n) is 9.46. The Kier molecular flexibility index (Phi) is 10.6. The molecule has 0 bridgehead atoms. The van der Waals surface area contributed by atoms with Crippen LogP contribution in [-0.2, 0) is 11.2 Å². The minimum Gasteiger partial charge on any atom is -0.494 e. The molecule has 142 valence electrons. The van der Waals surface area contributed by atoms with Gasteiger partial charge in [0.15, 0.2) is 0 Å². The van der Waals surface area contributed by atoms with E-state index in [-0.39, 0.29) is 12.4 Å². The van der Waals surface area contributed by atoms with E-state index < -0.39 is 0 Å². The van der Waals surface area contributed by atoms with Crippen LogP contribution in [0, 0.1) is 0 Å². The first-order chi connectivity index (χ1) is 11.7. The van der Waals surface area contributed by atoms with Crippen LogP contribution in [0.25, 0.3) is 0 Å². The fourth-order valence-electron chi connectivity index (χ4n) is 3.24. The van der Waals surface area contributed by atoms with Crippen LogP contribution < -0.4 is 10.1 Å². The predicted molar refractivity (Wildman–Crippen MR) is 106 cm³/mol. The lowest BCUT2D eigenvalue weighted by Crippen LogP contribution is -2.46. The number of nitrogens with one attached hydrogen (secondary N) is 1. The molecule has 25 heavy (non-hydrogen) atoms. The summed E-state index contributed by atoms with van der Waals surface area (Å²) in [4.78, 5) is 14.8. The second kappa shape index (κ2) is 12.2. The zero-order valence-corrected chi connectivity index (χ0v) is 16.4. The van der Waals surface area contributed by atoms with E-state index in [9.17, 15) is 4.79 Å². The van der Waals surface area contributed by atoms with Gasteiger partial charge in [0.1, 0.15) is 5.75 Å². The highest BCUT2D eigenvalue weighted by molar-refractivity contribution is 5.85. The number of rotatable bonds is 9. The summed E-state index contributed by atoms with van der Waals surface area (Å²) in [6, 6.07) is 8.58. The topological polar surface area (TPSA) is 41.6 Å². The molecule has 0 radical (unpaired) electrons. The Morgan fingerprint density at radius 3 is 2.44 bits per heavy atom. The number of benzene rings is 1. The molecule has 0 saturated carbocycles. The quantitative estimate of drug-likeness (QED) is 0.720. The summed E-state index contributed by atoms with van der Waals surface area (Å²) in [5, 5.41) is 3.38. The van der Waals surface area contributed by atoms with Crippen LogP contribution in [0.3, 0.4) is 0 Å². The van der Waals surface area contributed by atoms with E-state index in [4.69, 9.17) is 4.74 Å². The molecule has 0 atom stereocenters. The van der Waals surface area contributed by atoms with E-state index in [1.807, 2.05) is 12.1 Å². The van der Waals surface area contributed by atoms with Crippen LogP contribution in [0.2, 0.25) is 0 Å². The van der Waals surface area contributed by atoms with Gasteiger partial charge in [-0.15, -0.1) is 12.4 Å². The molecule has 2 rings (SSSR count). The minimum absolute atomic E-state index is 0. The van der Waals surface area contributed by atoms with Gasteiger partial charge in [-0.3, -0.25) is 4.79 Å². The van der Waals surface area contributed by atoms with Gasteiger partial charge in [0.05, 0.1) is 6.61 Å². The van der Waals surface area contributed by atoms with Crippen molar-refractivity contribution >= 4 is 18.3 Å². The average molecular weight is 369 g/mol. The molecule has 1 aromatic carbocycles. The molecule has 0 unspecified atom stereocenters. The standard InChI is InChI=1S/C20H32N2O2.ClH/c1-3-15-22(18-11-13-21-14-12-18)20(23)10-7-17-5-8-19(9-6-17)24-16-4-2;/h5-6,8-9,18,21H,3-4,7,10-16H2,1-2H3;1H. The third-order valence-corrected chi connectivity index (χ3v) is 4.56. The molecule has 1 aliphatic heterocycles. The number of halogens is 1. The fraction of sp³-hybridized carbons (Fsp3) is 0.650. The van der Waals surface area contributed by atoms with Crippen LogP contribution >= 0.6 is 12.4 Å². The number of nitrogens with zero attached hydrogens (tertiary/aromatic N) is 1. The third kappa shape index (κ3) is 7.25. The second-order valence-corrected chi connectivity index (χ2v) is 6.56. The van der Waals surface area contributed by atoms with Gasteiger partial charge in [0.25, 0.3) is 0 Å². The molecule has 0 aromatic heterocycles. The zero-order chi connectivity index (χ0) is 17.2. The van der Waals surface area contributed by atoms with Crippen molar-refractivity contribution in [3.63, 3.8) is 0 Å². The summed E-state index contributed by atoms with van der Waals surface area (Å²) >= 11 is 0. The molecule has 4 nitrogen and oxygen atoms in total. The highest BCUT2D eigenvalue weighted by Crippen LogP contribution is 2.17. The molecule has 1 amide bonds. The molecule has 1 N–H and O–H groups in total. The third-order valence-electron chi connectivity index (χ3n) is 4.56. The van der Waals surface area contributed by atoms with Crippen LogP contribution in [0.5, 0.6) is 5.75 Å². The van der Waals surface area contributed by atoms with Crippen molar-refractivity contribution in [3.8, 4) is 5.75 Å². The molecule has 1 aromatic rings. The van der Waals surface area contributed by atoms with Gasteiger partial charge < -0.3 is 15.0 Å². The van der Waals surface area contributed by atoms with E-state index in [0.29, 0.717) is 18.4 Å². The molecule has 0 aliphatic carbocycles. The van der Waals surface area contributed by atoms with Crippen LogP contribution in [0.4, 0.5) is 0 Å². The van der Waals surface area contributed by atoms with Gasteiger partial charge in [-0.2, -0.15) is 0 Å². The predicted octanol–water partition coefficient (Wildman–Crippen LogP) is 3.82. The Labute approximate surface area is 158 Å². The highest BCUT2D eigenvalue weighted by Gasteiger charge is 2.24. The van der Waals surface area contributed by atoms with Gasteiger partial charge in [-0.25, -0.2) is 0 Å². The number of piperidine rings is 1. The summed E-state index contributed by atoms with van der Waals surface area (Å²) in [7, 11) is 0. The van der Waals surface area contributed by atoms with Gasteiger partial charge in [0.2, 0.25) is 5.91 Å². The van der Waals surface area contributed by atoms with Gasteiger partial charge in [-0.05, 0) is 62.9 Å². The first kappa shape index (κ1) is 21.8. The van der Waals surface area contributed by atoms with E-state index >= 15 is 0 Å². The van der Waals surface area contributed by atoms with Crippen LogP contribution in [0.1, 0.15) is 51.5 Å².